The van der Waals surface area contributed by atoms with Gasteiger partial charge in [0.15, 0.2) is 24.1 Å². The van der Waals surface area contributed by atoms with E-state index in [2.05, 4.69) is 52.2 Å². The molecule has 0 saturated carbocycles. The molecule has 0 spiro atoms. The summed E-state index contributed by atoms with van der Waals surface area (Å²) < 4.78 is 49.3. The number of fused-ring (bicyclic) bond motifs is 4. The standard InChI is InChI=1S/C27H48N2O11Si/c1-24(2,3)41(25(4,5)6)33-12-14-17(40-41)15(30)16(31)21(34-14)29-23(32)28-11-13-18-19(37-26(7,8)36-18)20-22(35-13)39-27(9,10)38-20/h13-22,30-31H,11-12H2,1-10H3,(H2,28,29,32)/t13-,14-,15-,16+,17-,18+,19+,20-,21+,22-/m1/s1. The molecule has 14 heteroatoms. The molecule has 5 aliphatic rings. The molecule has 236 valence electrons. The van der Waals surface area contributed by atoms with Gasteiger partial charge in [-0.15, -0.1) is 0 Å². The number of rotatable bonds is 3. The molecule has 13 nitrogen and oxygen atoms in total. The van der Waals surface area contributed by atoms with Crippen molar-refractivity contribution in [3.8, 4) is 0 Å². The predicted molar refractivity (Wildman–Crippen MR) is 146 cm³/mol. The van der Waals surface area contributed by atoms with Gasteiger partial charge in [-0.3, -0.25) is 0 Å². The second-order valence-electron chi connectivity index (χ2n) is 14.6. The number of ether oxygens (including phenoxy) is 6. The average molecular weight is 605 g/mol. The highest BCUT2D eigenvalue weighted by Gasteiger charge is 2.65. The first-order valence-corrected chi connectivity index (χ1v) is 16.3. The molecule has 5 rings (SSSR count). The summed E-state index contributed by atoms with van der Waals surface area (Å²) in [6, 6.07) is -0.616. The molecular formula is C27H48N2O11Si. The van der Waals surface area contributed by atoms with Crippen molar-refractivity contribution in [2.75, 3.05) is 13.2 Å². The van der Waals surface area contributed by atoms with Crippen molar-refractivity contribution in [2.45, 2.75) is 152 Å². The van der Waals surface area contributed by atoms with Crippen LogP contribution in [-0.4, -0.2) is 111 Å². The zero-order valence-electron chi connectivity index (χ0n) is 25.8. The molecule has 10 atom stereocenters. The van der Waals surface area contributed by atoms with E-state index in [-0.39, 0.29) is 23.2 Å². The predicted octanol–water partition coefficient (Wildman–Crippen LogP) is 1.59. The van der Waals surface area contributed by atoms with E-state index in [1.54, 1.807) is 13.8 Å². The Labute approximate surface area is 243 Å². The molecular weight excluding hydrogens is 556 g/mol. The summed E-state index contributed by atoms with van der Waals surface area (Å²) in [6.45, 7) is 19.9. The Morgan fingerprint density at radius 1 is 0.829 bits per heavy atom. The lowest BCUT2D eigenvalue weighted by Crippen LogP contribution is -2.72. The number of carbonyl (C=O) groups is 1. The van der Waals surface area contributed by atoms with E-state index in [1.165, 1.54) is 0 Å². The lowest BCUT2D eigenvalue weighted by atomic mass is 9.98. The van der Waals surface area contributed by atoms with Crippen LogP contribution in [0.3, 0.4) is 0 Å². The average Bonchev–Trinajstić information content (AvgIpc) is 3.32. The van der Waals surface area contributed by atoms with Crippen molar-refractivity contribution in [2.24, 2.45) is 0 Å². The SMILES string of the molecule is CC1(C)O[C@H]2[C@@H](O1)[C@@H](CNC(=O)N[C@H]1O[C@@H]3CO[Si](C(C)(C)C)(C(C)(C)C)O[C@H]3[C@H](O)[C@@H]1O)O[C@@H]1OC(C)(C)O[C@@H]12. The molecule has 5 saturated heterocycles. The van der Waals surface area contributed by atoms with Crippen LogP contribution in [0.25, 0.3) is 0 Å². The van der Waals surface area contributed by atoms with Crippen LogP contribution in [0.4, 0.5) is 4.79 Å². The van der Waals surface area contributed by atoms with Crippen molar-refractivity contribution in [3.05, 3.63) is 0 Å². The Kier molecular flexibility index (Phi) is 7.94. The van der Waals surface area contributed by atoms with Crippen LogP contribution >= 0.6 is 0 Å². The van der Waals surface area contributed by atoms with Crippen LogP contribution in [0.15, 0.2) is 0 Å². The van der Waals surface area contributed by atoms with Gasteiger partial charge in [0, 0.05) is 16.6 Å². The van der Waals surface area contributed by atoms with Gasteiger partial charge in [-0.05, 0) is 27.7 Å². The summed E-state index contributed by atoms with van der Waals surface area (Å²) in [4.78, 5) is 12.9. The van der Waals surface area contributed by atoms with E-state index in [0.717, 1.165) is 0 Å². The zero-order chi connectivity index (χ0) is 30.3. The summed E-state index contributed by atoms with van der Waals surface area (Å²) in [5.74, 6) is -1.71. The third kappa shape index (κ3) is 5.70. The van der Waals surface area contributed by atoms with Gasteiger partial charge in [0.25, 0.3) is 0 Å². The molecule has 0 radical (unpaired) electrons. The van der Waals surface area contributed by atoms with Crippen LogP contribution in [0.5, 0.6) is 0 Å². The number of amides is 2. The highest BCUT2D eigenvalue weighted by atomic mass is 28.4. The van der Waals surface area contributed by atoms with Crippen molar-refractivity contribution >= 4 is 14.6 Å². The lowest BCUT2D eigenvalue weighted by molar-refractivity contribution is -0.248. The first-order chi connectivity index (χ1) is 18.7. The minimum Gasteiger partial charge on any atom is -0.391 e. The maximum atomic E-state index is 12.9. The third-order valence-corrected chi connectivity index (χ3v) is 13.5. The Morgan fingerprint density at radius 2 is 1.41 bits per heavy atom. The van der Waals surface area contributed by atoms with Gasteiger partial charge >= 0.3 is 14.6 Å². The lowest BCUT2D eigenvalue weighted by Gasteiger charge is -2.57. The molecule has 5 heterocycles. The number of carbonyl (C=O) groups excluding carboxylic acids is 1. The van der Waals surface area contributed by atoms with Gasteiger partial charge < -0.3 is 58.1 Å². The number of hydrogen-bond donors (Lipinski definition) is 4. The van der Waals surface area contributed by atoms with E-state index in [4.69, 9.17) is 37.3 Å². The number of aliphatic hydroxyl groups is 2. The summed E-state index contributed by atoms with van der Waals surface area (Å²) in [6.07, 6.45) is -8.03. The summed E-state index contributed by atoms with van der Waals surface area (Å²) in [7, 11) is -2.90. The highest BCUT2D eigenvalue weighted by Crippen LogP contribution is 2.55. The minimum absolute atomic E-state index is 0.0639. The Hall–Kier alpha value is -0.913. The number of hydrogen-bond acceptors (Lipinski definition) is 11. The quantitative estimate of drug-likeness (QED) is 0.347. The van der Waals surface area contributed by atoms with E-state index in [9.17, 15) is 15.0 Å². The van der Waals surface area contributed by atoms with Gasteiger partial charge in [0.2, 0.25) is 0 Å². The Balaban J connectivity index is 1.20. The molecule has 0 aromatic rings. The fourth-order valence-electron chi connectivity index (χ4n) is 6.91. The number of urea groups is 1. The smallest absolute Gasteiger partial charge is 0.349 e. The van der Waals surface area contributed by atoms with Crippen LogP contribution in [0.2, 0.25) is 10.1 Å². The molecule has 0 aromatic carbocycles. The molecule has 4 N–H and O–H groups in total. The number of nitrogens with one attached hydrogen (secondary N) is 2. The monoisotopic (exact) mass is 604 g/mol. The Morgan fingerprint density at radius 3 is 2.05 bits per heavy atom. The minimum atomic E-state index is -2.90. The van der Waals surface area contributed by atoms with E-state index >= 15 is 0 Å². The molecule has 0 aromatic heterocycles. The van der Waals surface area contributed by atoms with Crippen molar-refractivity contribution in [3.63, 3.8) is 0 Å². The maximum Gasteiger partial charge on any atom is 0.349 e. The zero-order valence-corrected chi connectivity index (χ0v) is 26.8. The van der Waals surface area contributed by atoms with Crippen LogP contribution < -0.4 is 10.6 Å². The second-order valence-corrected chi connectivity index (χ2v) is 19.4. The molecule has 0 bridgehead atoms. The second kappa shape index (κ2) is 10.3. The molecule has 5 aliphatic heterocycles. The molecule has 0 unspecified atom stereocenters. The van der Waals surface area contributed by atoms with Crippen molar-refractivity contribution in [1.82, 2.24) is 10.6 Å². The fraction of sp³-hybridized carbons (Fsp3) is 0.963. The van der Waals surface area contributed by atoms with Gasteiger partial charge in [-0.25, -0.2) is 4.79 Å². The van der Waals surface area contributed by atoms with Crippen LogP contribution in [0, 0.1) is 0 Å². The molecule has 2 amide bonds. The van der Waals surface area contributed by atoms with Crippen molar-refractivity contribution in [1.29, 1.82) is 0 Å². The van der Waals surface area contributed by atoms with Crippen LogP contribution in [0.1, 0.15) is 69.2 Å². The van der Waals surface area contributed by atoms with Gasteiger partial charge in [0.05, 0.1) is 6.61 Å². The largest absolute Gasteiger partial charge is 0.391 e. The number of aliphatic hydroxyl groups excluding tert-OH is 2. The topological polar surface area (TPSA) is 155 Å². The summed E-state index contributed by atoms with van der Waals surface area (Å²) >= 11 is 0. The fourth-order valence-corrected chi connectivity index (χ4v) is 11.9. The molecule has 41 heavy (non-hydrogen) atoms. The first-order valence-electron chi connectivity index (χ1n) is 14.5. The maximum absolute atomic E-state index is 12.9. The first kappa shape index (κ1) is 31.5. The highest BCUT2D eigenvalue weighted by molar-refractivity contribution is 6.73. The van der Waals surface area contributed by atoms with Gasteiger partial charge in [0.1, 0.15) is 48.8 Å². The Bertz CT molecular complexity index is 983. The van der Waals surface area contributed by atoms with E-state index < -0.39 is 87.5 Å². The molecule has 5 fully saturated rings. The van der Waals surface area contributed by atoms with E-state index in [0.29, 0.717) is 0 Å². The third-order valence-electron chi connectivity index (χ3n) is 8.40. The normalized spacial score (nSPS) is 43.0. The summed E-state index contributed by atoms with van der Waals surface area (Å²) in [5.41, 5.74) is 0. The van der Waals surface area contributed by atoms with Crippen molar-refractivity contribution < 1.29 is 52.3 Å². The van der Waals surface area contributed by atoms with E-state index in [1.807, 2.05) is 13.8 Å². The van der Waals surface area contributed by atoms with Gasteiger partial charge in [-0.1, -0.05) is 41.5 Å². The molecule has 0 aliphatic carbocycles. The van der Waals surface area contributed by atoms with Gasteiger partial charge in [-0.2, -0.15) is 0 Å². The summed E-state index contributed by atoms with van der Waals surface area (Å²) in [5, 5.41) is 26.8. The van der Waals surface area contributed by atoms with Crippen LogP contribution in [-0.2, 0) is 37.3 Å².